The van der Waals surface area contributed by atoms with Crippen LogP contribution in [-0.2, 0) is 4.79 Å². The van der Waals surface area contributed by atoms with Crippen LogP contribution in [0.4, 0.5) is 14.5 Å². The highest BCUT2D eigenvalue weighted by Crippen LogP contribution is 2.22. The van der Waals surface area contributed by atoms with Crippen LogP contribution in [0, 0.1) is 11.6 Å². The maximum Gasteiger partial charge on any atom is 0.248 e. The van der Waals surface area contributed by atoms with E-state index in [1.807, 2.05) is 0 Å². The Kier molecular flexibility index (Phi) is 4.94. The predicted octanol–water partition coefficient (Wildman–Crippen LogP) is 4.92. The number of rotatable bonds is 3. The number of benzene rings is 2. The summed E-state index contributed by atoms with van der Waals surface area (Å²) in [6.07, 6.45) is 2.66. The number of anilines is 1. The van der Waals surface area contributed by atoms with Crippen LogP contribution in [0.15, 0.2) is 42.5 Å². The molecule has 0 heterocycles. The third-order valence-corrected chi connectivity index (χ3v) is 3.13. The Morgan fingerprint density at radius 3 is 2.52 bits per heavy atom. The van der Waals surface area contributed by atoms with E-state index in [9.17, 15) is 13.6 Å². The topological polar surface area (TPSA) is 29.1 Å². The van der Waals surface area contributed by atoms with E-state index in [2.05, 4.69) is 5.32 Å². The van der Waals surface area contributed by atoms with Gasteiger partial charge in [-0.25, -0.2) is 8.78 Å². The summed E-state index contributed by atoms with van der Waals surface area (Å²) in [5.74, 6) is -2.12. The molecule has 2 aromatic rings. The average molecular weight is 328 g/mol. The second-order valence-electron chi connectivity index (χ2n) is 4.11. The minimum Gasteiger partial charge on any atom is -0.320 e. The number of amides is 1. The molecule has 0 aliphatic heterocycles. The smallest absolute Gasteiger partial charge is 0.248 e. The van der Waals surface area contributed by atoms with Crippen molar-refractivity contribution < 1.29 is 13.6 Å². The van der Waals surface area contributed by atoms with E-state index in [4.69, 9.17) is 23.2 Å². The SMILES string of the molecule is O=C(C=Cc1ccc(Cl)cc1Cl)Nc1ccc(F)cc1F. The van der Waals surface area contributed by atoms with Gasteiger partial charge in [-0.15, -0.1) is 0 Å². The molecule has 2 rings (SSSR count). The molecule has 108 valence electrons. The second kappa shape index (κ2) is 6.70. The molecule has 0 unspecified atom stereocenters. The van der Waals surface area contributed by atoms with Crippen LogP contribution in [0.5, 0.6) is 0 Å². The lowest BCUT2D eigenvalue weighted by Gasteiger charge is -2.04. The fourth-order valence-electron chi connectivity index (χ4n) is 1.57. The molecule has 0 spiro atoms. The van der Waals surface area contributed by atoms with Crippen molar-refractivity contribution in [1.29, 1.82) is 0 Å². The first-order valence-corrected chi connectivity index (χ1v) is 6.60. The minimum atomic E-state index is -0.846. The first-order valence-electron chi connectivity index (χ1n) is 5.85. The molecule has 0 saturated heterocycles. The molecule has 0 aliphatic rings. The van der Waals surface area contributed by atoms with Crippen molar-refractivity contribution in [1.82, 2.24) is 0 Å². The minimum absolute atomic E-state index is 0.103. The monoisotopic (exact) mass is 327 g/mol. The molecule has 0 atom stereocenters. The Bertz CT molecular complexity index is 717. The standard InChI is InChI=1S/C15H9Cl2F2NO/c16-10-3-1-9(12(17)7-10)2-6-15(21)20-14-5-4-11(18)8-13(14)19/h1-8H,(H,20,21). The maximum atomic E-state index is 13.4. The second-order valence-corrected chi connectivity index (χ2v) is 4.96. The lowest BCUT2D eigenvalue weighted by molar-refractivity contribution is -0.111. The van der Waals surface area contributed by atoms with E-state index in [1.54, 1.807) is 18.2 Å². The molecule has 0 radical (unpaired) electrons. The summed E-state index contributed by atoms with van der Waals surface area (Å²) < 4.78 is 26.1. The van der Waals surface area contributed by atoms with Gasteiger partial charge in [0.15, 0.2) is 0 Å². The predicted molar refractivity (Wildman–Crippen MR) is 80.5 cm³/mol. The van der Waals surface area contributed by atoms with Gasteiger partial charge < -0.3 is 5.32 Å². The molecule has 1 amide bonds. The van der Waals surface area contributed by atoms with Crippen LogP contribution in [0.1, 0.15) is 5.56 Å². The van der Waals surface area contributed by atoms with E-state index in [1.165, 1.54) is 12.2 Å². The first kappa shape index (κ1) is 15.5. The number of hydrogen-bond donors (Lipinski definition) is 1. The fraction of sp³-hybridized carbons (Fsp3) is 0. The maximum absolute atomic E-state index is 13.4. The largest absolute Gasteiger partial charge is 0.320 e. The van der Waals surface area contributed by atoms with E-state index in [0.717, 1.165) is 12.1 Å². The molecule has 21 heavy (non-hydrogen) atoms. The Labute approximate surface area is 130 Å². The molecule has 0 fully saturated rings. The van der Waals surface area contributed by atoms with Crippen LogP contribution in [0.25, 0.3) is 6.08 Å². The average Bonchev–Trinajstić information content (AvgIpc) is 2.41. The summed E-state index contributed by atoms with van der Waals surface area (Å²) in [6.45, 7) is 0. The van der Waals surface area contributed by atoms with E-state index in [0.29, 0.717) is 21.7 Å². The van der Waals surface area contributed by atoms with Gasteiger partial charge in [-0.3, -0.25) is 4.79 Å². The van der Waals surface area contributed by atoms with Gasteiger partial charge in [-0.05, 0) is 35.9 Å². The molecule has 0 saturated carbocycles. The molecule has 0 aliphatic carbocycles. The van der Waals surface area contributed by atoms with Crippen molar-refractivity contribution in [3.8, 4) is 0 Å². The Hall–Kier alpha value is -1.91. The zero-order valence-electron chi connectivity index (χ0n) is 10.5. The molecule has 6 heteroatoms. The zero-order chi connectivity index (χ0) is 15.4. The molecule has 2 aromatic carbocycles. The lowest BCUT2D eigenvalue weighted by Crippen LogP contribution is -2.09. The molecule has 0 bridgehead atoms. The number of hydrogen-bond acceptors (Lipinski definition) is 1. The molecular formula is C15H9Cl2F2NO. The van der Waals surface area contributed by atoms with Crippen molar-refractivity contribution >= 4 is 40.9 Å². The summed E-state index contributed by atoms with van der Waals surface area (Å²) in [5.41, 5.74) is 0.490. The van der Waals surface area contributed by atoms with Crippen LogP contribution in [-0.4, -0.2) is 5.91 Å². The quantitative estimate of drug-likeness (QED) is 0.796. The van der Waals surface area contributed by atoms with Gasteiger partial charge in [-0.2, -0.15) is 0 Å². The Morgan fingerprint density at radius 2 is 1.86 bits per heavy atom. The third-order valence-electron chi connectivity index (χ3n) is 2.57. The molecule has 2 nitrogen and oxygen atoms in total. The van der Waals surface area contributed by atoms with Crippen molar-refractivity contribution in [2.24, 2.45) is 0 Å². The van der Waals surface area contributed by atoms with Crippen LogP contribution in [0.3, 0.4) is 0 Å². The van der Waals surface area contributed by atoms with Crippen molar-refractivity contribution in [2.75, 3.05) is 5.32 Å². The number of carbonyl (C=O) groups is 1. The van der Waals surface area contributed by atoms with E-state index < -0.39 is 17.5 Å². The molecule has 1 N–H and O–H groups in total. The van der Waals surface area contributed by atoms with Crippen LogP contribution >= 0.6 is 23.2 Å². The fourth-order valence-corrected chi connectivity index (χ4v) is 2.04. The van der Waals surface area contributed by atoms with Crippen molar-refractivity contribution in [3.63, 3.8) is 0 Å². The van der Waals surface area contributed by atoms with Crippen molar-refractivity contribution in [3.05, 3.63) is 69.7 Å². The highest BCUT2D eigenvalue weighted by molar-refractivity contribution is 6.35. The molecular weight excluding hydrogens is 319 g/mol. The van der Waals surface area contributed by atoms with E-state index in [-0.39, 0.29) is 5.69 Å². The van der Waals surface area contributed by atoms with Gasteiger partial charge in [0, 0.05) is 22.2 Å². The summed E-state index contributed by atoms with van der Waals surface area (Å²) in [7, 11) is 0. The van der Waals surface area contributed by atoms with E-state index >= 15 is 0 Å². The van der Waals surface area contributed by atoms with Gasteiger partial charge in [0.2, 0.25) is 5.91 Å². The number of nitrogens with one attached hydrogen (secondary N) is 1. The summed E-state index contributed by atoms with van der Waals surface area (Å²) >= 11 is 11.7. The van der Waals surface area contributed by atoms with Gasteiger partial charge in [0.25, 0.3) is 0 Å². The zero-order valence-corrected chi connectivity index (χ0v) is 12.1. The molecule has 0 aromatic heterocycles. The Morgan fingerprint density at radius 1 is 1.10 bits per heavy atom. The number of halogens is 4. The summed E-state index contributed by atoms with van der Waals surface area (Å²) in [6, 6.07) is 7.71. The van der Waals surface area contributed by atoms with Gasteiger partial charge in [0.05, 0.1) is 5.69 Å². The van der Waals surface area contributed by atoms with Gasteiger partial charge in [0.1, 0.15) is 11.6 Å². The van der Waals surface area contributed by atoms with Crippen LogP contribution < -0.4 is 5.32 Å². The number of carbonyl (C=O) groups excluding carboxylic acids is 1. The normalized spacial score (nSPS) is 10.9. The first-order chi connectivity index (χ1) is 9.95. The Balaban J connectivity index is 2.09. The lowest BCUT2D eigenvalue weighted by atomic mass is 10.2. The van der Waals surface area contributed by atoms with Crippen molar-refractivity contribution in [2.45, 2.75) is 0 Å². The highest BCUT2D eigenvalue weighted by Gasteiger charge is 2.06. The summed E-state index contributed by atoms with van der Waals surface area (Å²) in [5, 5.41) is 3.17. The van der Waals surface area contributed by atoms with Gasteiger partial charge in [-0.1, -0.05) is 29.3 Å². The van der Waals surface area contributed by atoms with Crippen LogP contribution in [0.2, 0.25) is 10.0 Å². The summed E-state index contributed by atoms with van der Waals surface area (Å²) in [4.78, 5) is 11.7. The third kappa shape index (κ3) is 4.28. The van der Waals surface area contributed by atoms with Gasteiger partial charge >= 0.3 is 0 Å². The highest BCUT2D eigenvalue weighted by atomic mass is 35.5.